The number of halogens is 2. The van der Waals surface area contributed by atoms with E-state index in [0.717, 1.165) is 35.1 Å². The van der Waals surface area contributed by atoms with Gasteiger partial charge < -0.3 is 18.3 Å². The molecule has 10 nitrogen and oxygen atoms in total. The summed E-state index contributed by atoms with van der Waals surface area (Å²) in [7, 11) is -3.40. The SMILES string of the molecule is COc1ccc(Cc2nc(-c3ccc(F)cc3)c(-c3ccc(S(C)(=O)=O)cc3)o2)cc1.COc1cccc(Cc2nc(-c3ccc(F)cc3)c(-c3ccc(S(C)(=O)=O)cc3)o2)c1. The highest BCUT2D eigenvalue weighted by molar-refractivity contribution is 7.91. The number of benzene rings is 6. The Balaban J connectivity index is 0.000000186. The maximum Gasteiger partial charge on any atom is 0.199 e. The summed E-state index contributed by atoms with van der Waals surface area (Å²) >= 11 is 0. The van der Waals surface area contributed by atoms with Crippen molar-refractivity contribution in [3.05, 3.63) is 180 Å². The average molecular weight is 875 g/mol. The van der Waals surface area contributed by atoms with Gasteiger partial charge in [0.25, 0.3) is 0 Å². The molecular formula is C48H40F2N2O8S2. The minimum absolute atomic E-state index is 0.218. The molecule has 2 heterocycles. The molecule has 8 aromatic rings. The van der Waals surface area contributed by atoms with Crippen molar-refractivity contribution in [3.8, 4) is 56.7 Å². The van der Waals surface area contributed by atoms with Crippen LogP contribution in [-0.4, -0.2) is 53.5 Å². The number of hydrogen-bond acceptors (Lipinski definition) is 10. The number of methoxy groups -OCH3 is 2. The van der Waals surface area contributed by atoms with Gasteiger partial charge in [0, 0.05) is 47.6 Å². The minimum Gasteiger partial charge on any atom is -0.497 e. The Labute approximate surface area is 358 Å². The first-order valence-corrected chi connectivity index (χ1v) is 22.8. The molecule has 0 radical (unpaired) electrons. The monoisotopic (exact) mass is 874 g/mol. The van der Waals surface area contributed by atoms with Crippen LogP contribution in [0.3, 0.4) is 0 Å². The highest BCUT2D eigenvalue weighted by atomic mass is 32.2. The quantitative estimate of drug-likeness (QED) is 0.117. The van der Waals surface area contributed by atoms with Crippen molar-refractivity contribution in [2.45, 2.75) is 22.6 Å². The lowest BCUT2D eigenvalue weighted by atomic mass is 10.1. The summed E-state index contributed by atoms with van der Waals surface area (Å²) < 4.78 is 96.6. The molecule has 0 saturated carbocycles. The minimum atomic E-state index is -3.31. The van der Waals surface area contributed by atoms with Crippen molar-refractivity contribution >= 4 is 19.7 Å². The summed E-state index contributed by atoms with van der Waals surface area (Å²) in [5.41, 5.74) is 5.84. The number of oxazole rings is 2. The van der Waals surface area contributed by atoms with Gasteiger partial charge in [0.05, 0.1) is 24.0 Å². The van der Waals surface area contributed by atoms with Gasteiger partial charge in [-0.15, -0.1) is 0 Å². The Morgan fingerprint density at radius 3 is 1.29 bits per heavy atom. The van der Waals surface area contributed by atoms with Crippen LogP contribution >= 0.6 is 0 Å². The molecule has 0 fully saturated rings. The largest absolute Gasteiger partial charge is 0.497 e. The standard InChI is InChI=1S/2C24H20FNO4S/c1-29-20-11-3-16(4-12-20)15-22-26-23(17-5-9-19(25)10-6-17)24(30-22)18-7-13-21(14-8-18)31(2,27)28;1-29-20-5-3-4-16(14-20)15-22-26-23(17-6-10-19(25)11-7-17)24(30-22)18-8-12-21(13-9-18)31(2,27)28/h2*3-14H,15H2,1-2H3. The van der Waals surface area contributed by atoms with E-state index in [0.29, 0.717) is 69.8 Å². The molecule has 0 unspecified atom stereocenters. The summed E-state index contributed by atoms with van der Waals surface area (Å²) in [4.78, 5) is 9.76. The zero-order chi connectivity index (χ0) is 44.0. The molecule has 0 bridgehead atoms. The van der Waals surface area contributed by atoms with Gasteiger partial charge in [0.15, 0.2) is 43.0 Å². The first-order valence-electron chi connectivity index (χ1n) is 19.0. The van der Waals surface area contributed by atoms with Crippen LogP contribution in [0.15, 0.2) is 164 Å². The molecule has 0 N–H and O–H groups in total. The third-order valence-electron chi connectivity index (χ3n) is 9.67. The molecule has 62 heavy (non-hydrogen) atoms. The molecule has 0 spiro atoms. The van der Waals surface area contributed by atoms with Crippen LogP contribution in [0.5, 0.6) is 11.5 Å². The fourth-order valence-electron chi connectivity index (χ4n) is 6.46. The van der Waals surface area contributed by atoms with Crippen molar-refractivity contribution < 1.29 is 43.9 Å². The maximum atomic E-state index is 13.4. The van der Waals surface area contributed by atoms with Crippen LogP contribution in [0, 0.1) is 11.6 Å². The zero-order valence-corrected chi connectivity index (χ0v) is 35.6. The van der Waals surface area contributed by atoms with E-state index in [4.69, 9.17) is 18.3 Å². The van der Waals surface area contributed by atoms with E-state index in [1.165, 1.54) is 48.5 Å². The molecule has 0 amide bonds. The van der Waals surface area contributed by atoms with Crippen molar-refractivity contribution in [1.82, 2.24) is 9.97 Å². The Morgan fingerprint density at radius 2 is 0.887 bits per heavy atom. The molecule has 0 aliphatic heterocycles. The molecular weight excluding hydrogens is 835 g/mol. The van der Waals surface area contributed by atoms with Crippen LogP contribution in [0.2, 0.25) is 0 Å². The van der Waals surface area contributed by atoms with Gasteiger partial charge in [-0.05, 0) is 132 Å². The summed E-state index contributed by atoms with van der Waals surface area (Å²) in [5.74, 6) is 2.77. The number of rotatable bonds is 12. The third kappa shape index (κ3) is 10.5. The fraction of sp³-hybridized carbons (Fsp3) is 0.125. The summed E-state index contributed by atoms with van der Waals surface area (Å²) in [5, 5.41) is 0. The van der Waals surface area contributed by atoms with E-state index in [9.17, 15) is 25.6 Å². The highest BCUT2D eigenvalue weighted by Gasteiger charge is 2.20. The zero-order valence-electron chi connectivity index (χ0n) is 34.0. The molecule has 0 atom stereocenters. The summed E-state index contributed by atoms with van der Waals surface area (Å²) in [6.45, 7) is 0. The molecule has 6 aromatic carbocycles. The Kier molecular flexibility index (Phi) is 12.8. The van der Waals surface area contributed by atoms with Crippen molar-refractivity contribution in [2.24, 2.45) is 0 Å². The second kappa shape index (κ2) is 18.4. The first kappa shape index (κ1) is 43.2. The lowest BCUT2D eigenvalue weighted by molar-refractivity contribution is 0.414. The lowest BCUT2D eigenvalue weighted by Gasteiger charge is -2.03. The van der Waals surface area contributed by atoms with Crippen LogP contribution in [0.25, 0.3) is 45.2 Å². The van der Waals surface area contributed by atoms with Gasteiger partial charge in [-0.2, -0.15) is 0 Å². The normalized spacial score (nSPS) is 11.5. The Morgan fingerprint density at radius 1 is 0.484 bits per heavy atom. The van der Waals surface area contributed by atoms with Crippen LogP contribution in [-0.2, 0) is 32.5 Å². The highest BCUT2D eigenvalue weighted by Crippen LogP contribution is 2.36. The number of sulfone groups is 2. The Bertz CT molecular complexity index is 3020. The molecule has 0 aliphatic rings. The topological polar surface area (TPSA) is 139 Å². The predicted octanol–water partition coefficient (Wildman–Crippen LogP) is 10.3. The van der Waals surface area contributed by atoms with Crippen LogP contribution < -0.4 is 9.47 Å². The molecule has 8 rings (SSSR count). The molecule has 316 valence electrons. The number of hydrogen-bond donors (Lipinski definition) is 0. The lowest BCUT2D eigenvalue weighted by Crippen LogP contribution is -1.96. The van der Waals surface area contributed by atoms with Gasteiger partial charge in [-0.25, -0.2) is 35.6 Å². The molecule has 0 aliphatic carbocycles. The summed E-state index contributed by atoms with van der Waals surface area (Å²) in [6, 6.07) is 40.1. The summed E-state index contributed by atoms with van der Waals surface area (Å²) in [6.07, 6.45) is 3.21. The second-order valence-electron chi connectivity index (χ2n) is 14.2. The van der Waals surface area contributed by atoms with E-state index in [1.54, 1.807) is 62.8 Å². The second-order valence-corrected chi connectivity index (χ2v) is 18.3. The number of aromatic nitrogens is 2. The molecule has 0 saturated heterocycles. The Hall–Kier alpha value is -6.90. The predicted molar refractivity (Wildman–Crippen MR) is 232 cm³/mol. The van der Waals surface area contributed by atoms with Gasteiger partial charge in [-0.3, -0.25) is 0 Å². The first-order chi connectivity index (χ1) is 29.7. The van der Waals surface area contributed by atoms with Crippen LogP contribution in [0.4, 0.5) is 8.78 Å². The number of nitrogens with zero attached hydrogens (tertiary/aromatic N) is 2. The molecule has 2 aromatic heterocycles. The van der Waals surface area contributed by atoms with Gasteiger partial charge >= 0.3 is 0 Å². The number of ether oxygens (including phenoxy) is 2. The smallest absolute Gasteiger partial charge is 0.199 e. The fourth-order valence-corrected chi connectivity index (χ4v) is 7.72. The maximum absolute atomic E-state index is 13.4. The van der Waals surface area contributed by atoms with Gasteiger partial charge in [-0.1, -0.05) is 24.3 Å². The van der Waals surface area contributed by atoms with Crippen molar-refractivity contribution in [3.63, 3.8) is 0 Å². The van der Waals surface area contributed by atoms with E-state index >= 15 is 0 Å². The van der Waals surface area contributed by atoms with E-state index in [2.05, 4.69) is 9.97 Å². The van der Waals surface area contributed by atoms with Gasteiger partial charge in [0.2, 0.25) is 0 Å². The van der Waals surface area contributed by atoms with E-state index in [-0.39, 0.29) is 21.4 Å². The van der Waals surface area contributed by atoms with Crippen LogP contribution in [0.1, 0.15) is 22.9 Å². The average Bonchev–Trinajstić information content (AvgIpc) is 3.89. The van der Waals surface area contributed by atoms with Crippen molar-refractivity contribution in [1.29, 1.82) is 0 Å². The molecule has 14 heteroatoms. The van der Waals surface area contributed by atoms with E-state index in [1.807, 2.05) is 48.5 Å². The van der Waals surface area contributed by atoms with Crippen molar-refractivity contribution in [2.75, 3.05) is 26.7 Å². The van der Waals surface area contributed by atoms with E-state index < -0.39 is 19.7 Å². The third-order valence-corrected chi connectivity index (χ3v) is 11.9. The van der Waals surface area contributed by atoms with Gasteiger partial charge in [0.1, 0.15) is 34.5 Å².